The first-order chi connectivity index (χ1) is 12.0. The maximum atomic E-state index is 12.0. The molecule has 2 aromatic heterocycles. The van der Waals surface area contributed by atoms with Gasteiger partial charge in [0, 0.05) is 36.8 Å². The Morgan fingerprint density at radius 3 is 2.36 bits per heavy atom. The van der Waals surface area contributed by atoms with Gasteiger partial charge in [-0.3, -0.25) is 4.79 Å². The first-order valence-corrected chi connectivity index (χ1v) is 9.00. The number of aromatic nitrogens is 1. The molecule has 0 aliphatic rings. The lowest BCUT2D eigenvalue weighted by molar-refractivity contribution is 0.0699. The van der Waals surface area contributed by atoms with E-state index in [0.29, 0.717) is 10.2 Å². The number of carbonyl (C=O) groups is 1. The third-order valence-electron chi connectivity index (χ3n) is 4.43. The van der Waals surface area contributed by atoms with Crippen molar-refractivity contribution in [2.75, 3.05) is 18.0 Å². The van der Waals surface area contributed by atoms with E-state index in [1.165, 1.54) is 22.0 Å². The average molecular weight is 356 g/mol. The zero-order valence-corrected chi connectivity index (χ0v) is 15.3. The van der Waals surface area contributed by atoms with Crippen LogP contribution < -0.4 is 10.5 Å². The van der Waals surface area contributed by atoms with E-state index in [2.05, 4.69) is 30.9 Å². The molecule has 0 saturated heterocycles. The van der Waals surface area contributed by atoms with Gasteiger partial charge in [-0.25, -0.2) is 4.79 Å². The van der Waals surface area contributed by atoms with Crippen LogP contribution in [0.4, 0.5) is 5.69 Å². The lowest BCUT2D eigenvalue weighted by Crippen LogP contribution is -2.21. The number of hydrogen-bond acceptors (Lipinski definition) is 4. The third kappa shape index (κ3) is 3.05. The molecule has 0 aliphatic carbocycles. The number of fused-ring (bicyclic) bond motifs is 1. The van der Waals surface area contributed by atoms with Crippen LogP contribution >= 0.6 is 11.3 Å². The summed E-state index contributed by atoms with van der Waals surface area (Å²) in [6, 6.07) is 11.3. The maximum absolute atomic E-state index is 12.0. The highest BCUT2D eigenvalue weighted by Gasteiger charge is 2.16. The first-order valence-electron chi connectivity index (χ1n) is 8.18. The minimum atomic E-state index is -1.08. The summed E-state index contributed by atoms with van der Waals surface area (Å²) in [6.07, 6.45) is 0. The zero-order chi connectivity index (χ0) is 18.1. The Bertz CT molecular complexity index is 982. The van der Waals surface area contributed by atoms with Gasteiger partial charge in [-0.05, 0) is 37.6 Å². The number of carboxylic acid groups (broad SMARTS) is 1. The largest absolute Gasteiger partial charge is 0.478 e. The van der Waals surface area contributed by atoms with Crippen LogP contribution in [0.3, 0.4) is 0 Å². The number of pyridine rings is 1. The Morgan fingerprint density at radius 1 is 1.16 bits per heavy atom. The molecular weight excluding hydrogens is 336 g/mol. The molecule has 5 nitrogen and oxygen atoms in total. The molecule has 3 aromatic rings. The molecule has 0 saturated carbocycles. The number of carboxylic acids is 1. The van der Waals surface area contributed by atoms with Gasteiger partial charge in [0.25, 0.3) is 5.56 Å². The molecule has 130 valence electrons. The van der Waals surface area contributed by atoms with E-state index < -0.39 is 5.97 Å². The van der Waals surface area contributed by atoms with Crippen molar-refractivity contribution in [3.8, 4) is 10.4 Å². The smallest absolute Gasteiger partial charge is 0.337 e. The fourth-order valence-electron chi connectivity index (χ4n) is 2.95. The molecule has 2 heterocycles. The highest BCUT2D eigenvalue weighted by Crippen LogP contribution is 2.35. The van der Waals surface area contributed by atoms with E-state index in [4.69, 9.17) is 0 Å². The molecule has 0 aliphatic heterocycles. The van der Waals surface area contributed by atoms with Crippen molar-refractivity contribution >= 4 is 33.2 Å². The van der Waals surface area contributed by atoms with Crippen molar-refractivity contribution in [1.82, 2.24) is 4.57 Å². The summed E-state index contributed by atoms with van der Waals surface area (Å²) in [7, 11) is 1.66. The molecular formula is C19H20N2O3S. The Balaban J connectivity index is 2.11. The van der Waals surface area contributed by atoms with Gasteiger partial charge >= 0.3 is 5.97 Å². The van der Waals surface area contributed by atoms with Gasteiger partial charge in [0.1, 0.15) is 0 Å². The first kappa shape index (κ1) is 17.2. The van der Waals surface area contributed by atoms with E-state index in [0.717, 1.165) is 29.2 Å². The second-order valence-electron chi connectivity index (χ2n) is 5.80. The minimum absolute atomic E-state index is 0.0640. The Morgan fingerprint density at radius 2 is 1.80 bits per heavy atom. The van der Waals surface area contributed by atoms with E-state index in [-0.39, 0.29) is 11.1 Å². The summed E-state index contributed by atoms with van der Waals surface area (Å²) in [5.74, 6) is -1.08. The van der Waals surface area contributed by atoms with Crippen LogP contribution in [0.15, 0.2) is 41.2 Å². The van der Waals surface area contributed by atoms with Gasteiger partial charge in [0.05, 0.1) is 15.8 Å². The molecule has 0 unspecified atom stereocenters. The molecule has 0 spiro atoms. The van der Waals surface area contributed by atoms with Gasteiger partial charge in [-0.2, -0.15) is 0 Å². The number of aromatic carboxylic acids is 1. The lowest BCUT2D eigenvalue weighted by atomic mass is 10.1. The molecule has 0 amide bonds. The molecule has 6 heteroatoms. The minimum Gasteiger partial charge on any atom is -0.478 e. The highest BCUT2D eigenvalue weighted by molar-refractivity contribution is 7.22. The molecule has 1 aromatic carbocycles. The Labute approximate surface area is 149 Å². The Kier molecular flexibility index (Phi) is 4.63. The van der Waals surface area contributed by atoms with Gasteiger partial charge < -0.3 is 14.6 Å². The number of hydrogen-bond donors (Lipinski definition) is 1. The third-order valence-corrected chi connectivity index (χ3v) is 5.63. The lowest BCUT2D eigenvalue weighted by Gasteiger charge is -2.21. The van der Waals surface area contributed by atoms with Crippen molar-refractivity contribution in [3.63, 3.8) is 0 Å². The molecule has 25 heavy (non-hydrogen) atoms. The SMILES string of the molecule is CCN(CC)c1ccc(-c2cc3c(s2)c(C(=O)O)cc(=O)n3C)cc1. The van der Waals surface area contributed by atoms with Gasteiger partial charge in [-0.1, -0.05) is 12.1 Å². The van der Waals surface area contributed by atoms with Crippen LogP contribution in [0.2, 0.25) is 0 Å². The summed E-state index contributed by atoms with van der Waals surface area (Å²) in [5, 5.41) is 9.38. The number of benzene rings is 1. The number of thiophene rings is 1. The fourth-order valence-corrected chi connectivity index (χ4v) is 4.16. The van der Waals surface area contributed by atoms with Crippen LogP contribution in [0.1, 0.15) is 24.2 Å². The standard InChI is InChI=1S/C19H20N2O3S/c1-4-21(5-2)13-8-6-12(7-9-13)16-11-15-18(25-16)14(19(23)24)10-17(22)20(15)3/h6-11H,4-5H2,1-3H3,(H,23,24). The van der Waals surface area contributed by atoms with Crippen molar-refractivity contribution in [2.24, 2.45) is 7.05 Å². The van der Waals surface area contributed by atoms with Crippen LogP contribution in [0, 0.1) is 0 Å². The maximum Gasteiger partial charge on any atom is 0.337 e. The summed E-state index contributed by atoms with van der Waals surface area (Å²) >= 11 is 1.40. The quantitative estimate of drug-likeness (QED) is 0.755. The molecule has 0 atom stereocenters. The molecule has 3 rings (SSSR count). The molecule has 0 bridgehead atoms. The van der Waals surface area contributed by atoms with Crippen molar-refractivity contribution in [3.05, 3.63) is 52.3 Å². The van der Waals surface area contributed by atoms with E-state index in [9.17, 15) is 14.7 Å². The number of rotatable bonds is 5. The normalized spacial score (nSPS) is 11.0. The van der Waals surface area contributed by atoms with Gasteiger partial charge in [-0.15, -0.1) is 11.3 Å². The second-order valence-corrected chi connectivity index (χ2v) is 6.86. The summed E-state index contributed by atoms with van der Waals surface area (Å²) in [5.41, 5.74) is 2.58. The topological polar surface area (TPSA) is 62.5 Å². The summed E-state index contributed by atoms with van der Waals surface area (Å²) in [4.78, 5) is 26.7. The van der Waals surface area contributed by atoms with E-state index >= 15 is 0 Å². The summed E-state index contributed by atoms with van der Waals surface area (Å²) in [6.45, 7) is 6.14. The number of anilines is 1. The van der Waals surface area contributed by atoms with Crippen LogP contribution in [0.5, 0.6) is 0 Å². The summed E-state index contributed by atoms with van der Waals surface area (Å²) < 4.78 is 2.11. The van der Waals surface area contributed by atoms with Crippen molar-refractivity contribution in [1.29, 1.82) is 0 Å². The highest BCUT2D eigenvalue weighted by atomic mass is 32.1. The molecule has 0 radical (unpaired) electrons. The molecule has 1 N–H and O–H groups in total. The predicted molar refractivity (Wildman–Crippen MR) is 103 cm³/mol. The number of aryl methyl sites for hydroxylation is 1. The predicted octanol–water partition coefficient (Wildman–Crippen LogP) is 3.81. The fraction of sp³-hybridized carbons (Fsp3) is 0.263. The van der Waals surface area contributed by atoms with Crippen molar-refractivity contribution in [2.45, 2.75) is 13.8 Å². The van der Waals surface area contributed by atoms with E-state index in [1.54, 1.807) is 7.05 Å². The average Bonchev–Trinajstić information content (AvgIpc) is 3.05. The monoisotopic (exact) mass is 356 g/mol. The van der Waals surface area contributed by atoms with Crippen LogP contribution in [-0.2, 0) is 7.05 Å². The number of nitrogens with zero attached hydrogens (tertiary/aromatic N) is 2. The van der Waals surface area contributed by atoms with Gasteiger partial charge in [0.2, 0.25) is 0 Å². The van der Waals surface area contributed by atoms with E-state index in [1.807, 2.05) is 18.2 Å². The van der Waals surface area contributed by atoms with Gasteiger partial charge in [0.15, 0.2) is 0 Å². The Hall–Kier alpha value is -2.60. The van der Waals surface area contributed by atoms with Crippen LogP contribution in [-0.4, -0.2) is 28.7 Å². The molecule has 0 fully saturated rings. The van der Waals surface area contributed by atoms with Crippen LogP contribution in [0.25, 0.3) is 20.7 Å². The second kappa shape index (κ2) is 6.72. The van der Waals surface area contributed by atoms with Crippen molar-refractivity contribution < 1.29 is 9.90 Å². The zero-order valence-electron chi connectivity index (χ0n) is 14.4.